The predicted octanol–water partition coefficient (Wildman–Crippen LogP) is 1.21. The lowest BCUT2D eigenvalue weighted by molar-refractivity contribution is -0.121. The van der Waals surface area contributed by atoms with Crippen molar-refractivity contribution in [3.8, 4) is 5.75 Å². The van der Waals surface area contributed by atoms with E-state index >= 15 is 0 Å². The van der Waals surface area contributed by atoms with Crippen LogP contribution in [0, 0.1) is 0 Å². The van der Waals surface area contributed by atoms with Gasteiger partial charge in [0.25, 0.3) is 5.91 Å². The first kappa shape index (κ1) is 18.7. The van der Waals surface area contributed by atoms with Crippen LogP contribution in [0.25, 0.3) is 5.65 Å². The number of aliphatic imine (C=N–C) groups is 1. The van der Waals surface area contributed by atoms with Gasteiger partial charge in [-0.3, -0.25) is 14.2 Å². The van der Waals surface area contributed by atoms with Crippen molar-refractivity contribution in [2.45, 2.75) is 13.0 Å². The van der Waals surface area contributed by atoms with Crippen molar-refractivity contribution in [2.24, 2.45) is 4.99 Å². The van der Waals surface area contributed by atoms with Crippen LogP contribution in [0.3, 0.4) is 0 Å². The molecule has 0 aliphatic carbocycles. The number of fused-ring (bicyclic) bond motifs is 2. The van der Waals surface area contributed by atoms with Crippen molar-refractivity contribution in [2.75, 3.05) is 31.6 Å². The van der Waals surface area contributed by atoms with Crippen molar-refractivity contribution in [1.29, 1.82) is 0 Å². The molecular weight excluding hydrogens is 370 g/mol. The van der Waals surface area contributed by atoms with Gasteiger partial charge in [-0.1, -0.05) is 18.2 Å². The van der Waals surface area contributed by atoms with Crippen LogP contribution >= 0.6 is 0 Å². The SMILES string of the molecule is CN=C(NCCCN1C(=O)COc2ccccc21)NCc1nnc2ccccn12. The Morgan fingerprint density at radius 1 is 1.17 bits per heavy atom. The molecule has 29 heavy (non-hydrogen) atoms. The van der Waals surface area contributed by atoms with Gasteiger partial charge in [-0.25, -0.2) is 0 Å². The van der Waals surface area contributed by atoms with Crippen molar-refractivity contribution < 1.29 is 9.53 Å². The summed E-state index contributed by atoms with van der Waals surface area (Å²) < 4.78 is 7.41. The minimum atomic E-state index is -0.0232. The third-order valence-electron chi connectivity index (χ3n) is 4.68. The standard InChI is InChI=1S/C20H23N7O2/c1-21-20(23-13-18-25-24-17-9-4-5-11-27(17)18)22-10-6-12-26-15-7-2-3-8-16(15)29-14-19(26)28/h2-5,7-9,11H,6,10,12-14H2,1H3,(H2,21,22,23). The van der Waals surface area contributed by atoms with Gasteiger partial charge >= 0.3 is 0 Å². The molecule has 0 atom stereocenters. The lowest BCUT2D eigenvalue weighted by Gasteiger charge is -2.29. The molecule has 1 aliphatic rings. The normalized spacial score (nSPS) is 13.9. The highest BCUT2D eigenvalue weighted by molar-refractivity contribution is 5.97. The Labute approximate surface area is 168 Å². The summed E-state index contributed by atoms with van der Waals surface area (Å²) in [5, 5.41) is 14.9. The van der Waals surface area contributed by atoms with Crippen LogP contribution in [0.5, 0.6) is 5.75 Å². The fourth-order valence-corrected chi connectivity index (χ4v) is 3.24. The van der Waals surface area contributed by atoms with Crippen molar-refractivity contribution in [3.63, 3.8) is 0 Å². The van der Waals surface area contributed by atoms with E-state index in [-0.39, 0.29) is 12.5 Å². The number of guanidine groups is 1. The number of hydrogen-bond donors (Lipinski definition) is 2. The Balaban J connectivity index is 1.27. The van der Waals surface area contributed by atoms with Gasteiger partial charge in [0.15, 0.2) is 24.0 Å². The fourth-order valence-electron chi connectivity index (χ4n) is 3.24. The molecular formula is C20H23N7O2. The molecule has 1 aliphatic heterocycles. The second-order valence-corrected chi connectivity index (χ2v) is 6.55. The molecule has 0 saturated heterocycles. The second-order valence-electron chi connectivity index (χ2n) is 6.55. The molecule has 9 nitrogen and oxygen atoms in total. The molecule has 1 aromatic carbocycles. The van der Waals surface area contributed by atoms with E-state index in [1.54, 1.807) is 11.9 Å². The number of ether oxygens (including phenoxy) is 1. The van der Waals surface area contributed by atoms with E-state index in [0.29, 0.717) is 25.6 Å². The zero-order valence-electron chi connectivity index (χ0n) is 16.2. The molecule has 0 spiro atoms. The number of nitrogens with zero attached hydrogens (tertiary/aromatic N) is 5. The summed E-state index contributed by atoms with van der Waals surface area (Å²) in [6.07, 6.45) is 2.70. The van der Waals surface area contributed by atoms with E-state index in [2.05, 4.69) is 25.8 Å². The van der Waals surface area contributed by atoms with Crippen LogP contribution in [0.4, 0.5) is 5.69 Å². The molecule has 0 bridgehead atoms. The van der Waals surface area contributed by atoms with E-state index in [4.69, 9.17) is 4.74 Å². The van der Waals surface area contributed by atoms with Crippen LogP contribution in [0.2, 0.25) is 0 Å². The Hall–Kier alpha value is -3.62. The van der Waals surface area contributed by atoms with Crippen LogP contribution in [0.15, 0.2) is 53.7 Å². The lowest BCUT2D eigenvalue weighted by atomic mass is 10.2. The highest BCUT2D eigenvalue weighted by atomic mass is 16.5. The number of rotatable bonds is 6. The van der Waals surface area contributed by atoms with Crippen LogP contribution in [-0.4, -0.2) is 53.2 Å². The maximum atomic E-state index is 12.2. The second kappa shape index (κ2) is 8.59. The maximum Gasteiger partial charge on any atom is 0.265 e. The van der Waals surface area contributed by atoms with Crippen molar-refractivity contribution >= 4 is 23.2 Å². The highest BCUT2D eigenvalue weighted by Gasteiger charge is 2.24. The molecule has 9 heteroatoms. The average Bonchev–Trinajstić information content (AvgIpc) is 3.17. The van der Waals surface area contributed by atoms with Gasteiger partial charge in [-0.2, -0.15) is 0 Å². The summed E-state index contributed by atoms with van der Waals surface area (Å²) >= 11 is 0. The number of anilines is 1. The molecule has 3 aromatic rings. The molecule has 0 saturated carbocycles. The Kier molecular flexibility index (Phi) is 5.55. The van der Waals surface area contributed by atoms with E-state index in [1.807, 2.05) is 53.1 Å². The van der Waals surface area contributed by atoms with Crippen LogP contribution in [0.1, 0.15) is 12.2 Å². The summed E-state index contributed by atoms with van der Waals surface area (Å²) in [5.41, 5.74) is 1.63. The molecule has 0 fully saturated rings. The maximum absolute atomic E-state index is 12.2. The zero-order chi connectivity index (χ0) is 20.1. The minimum Gasteiger partial charge on any atom is -0.482 e. The van der Waals surface area contributed by atoms with Gasteiger partial charge in [0.2, 0.25) is 0 Å². The number of nitrogens with one attached hydrogen (secondary N) is 2. The topological polar surface area (TPSA) is 96.2 Å². The highest BCUT2D eigenvalue weighted by Crippen LogP contribution is 2.31. The van der Waals surface area contributed by atoms with Crippen molar-refractivity contribution in [1.82, 2.24) is 25.2 Å². The number of aromatic nitrogens is 3. The summed E-state index contributed by atoms with van der Waals surface area (Å²) in [5.74, 6) is 2.20. The van der Waals surface area contributed by atoms with E-state index in [0.717, 1.165) is 29.3 Å². The van der Waals surface area contributed by atoms with Gasteiger partial charge < -0.3 is 20.3 Å². The van der Waals surface area contributed by atoms with E-state index < -0.39 is 0 Å². The smallest absolute Gasteiger partial charge is 0.265 e. The number of benzene rings is 1. The van der Waals surface area contributed by atoms with Gasteiger partial charge in [0, 0.05) is 26.3 Å². The molecule has 2 aromatic heterocycles. The van der Waals surface area contributed by atoms with Gasteiger partial charge in [0.05, 0.1) is 12.2 Å². The van der Waals surface area contributed by atoms with Crippen molar-refractivity contribution in [3.05, 3.63) is 54.5 Å². The molecule has 0 unspecified atom stereocenters. The largest absolute Gasteiger partial charge is 0.482 e. The lowest BCUT2D eigenvalue weighted by Crippen LogP contribution is -2.42. The number of pyridine rings is 1. The summed E-state index contributed by atoms with van der Waals surface area (Å²) in [7, 11) is 1.72. The third-order valence-corrected chi connectivity index (χ3v) is 4.68. The quantitative estimate of drug-likeness (QED) is 0.371. The first-order valence-corrected chi connectivity index (χ1v) is 9.51. The molecule has 0 radical (unpaired) electrons. The predicted molar refractivity (Wildman–Crippen MR) is 110 cm³/mol. The number of amides is 1. The molecule has 1 amide bonds. The zero-order valence-corrected chi connectivity index (χ0v) is 16.2. The molecule has 3 heterocycles. The number of hydrogen-bond acceptors (Lipinski definition) is 5. The average molecular weight is 393 g/mol. The van der Waals surface area contributed by atoms with E-state index in [1.165, 1.54) is 0 Å². The first-order valence-electron chi connectivity index (χ1n) is 9.51. The van der Waals surface area contributed by atoms with Gasteiger partial charge in [0.1, 0.15) is 5.75 Å². The fraction of sp³-hybridized carbons (Fsp3) is 0.300. The number of carbonyl (C=O) groups is 1. The Morgan fingerprint density at radius 3 is 2.93 bits per heavy atom. The molecule has 4 rings (SSSR count). The summed E-state index contributed by atoms with van der Waals surface area (Å²) in [6.45, 7) is 1.87. The third kappa shape index (κ3) is 4.13. The van der Waals surface area contributed by atoms with Gasteiger partial charge in [-0.05, 0) is 30.7 Å². The minimum absolute atomic E-state index is 0.0232. The van der Waals surface area contributed by atoms with Crippen LogP contribution < -0.4 is 20.3 Å². The number of para-hydroxylation sites is 2. The first-order chi connectivity index (χ1) is 14.3. The molecule has 2 N–H and O–H groups in total. The molecule has 150 valence electrons. The number of carbonyl (C=O) groups excluding carboxylic acids is 1. The summed E-state index contributed by atoms with van der Waals surface area (Å²) in [6, 6.07) is 13.4. The summed E-state index contributed by atoms with van der Waals surface area (Å²) in [4.78, 5) is 18.2. The Morgan fingerprint density at radius 2 is 2.03 bits per heavy atom. The van der Waals surface area contributed by atoms with E-state index in [9.17, 15) is 4.79 Å². The Bertz CT molecular complexity index is 1030. The van der Waals surface area contributed by atoms with Crippen LogP contribution in [-0.2, 0) is 11.3 Å². The monoisotopic (exact) mass is 393 g/mol. The van der Waals surface area contributed by atoms with Gasteiger partial charge in [-0.15, -0.1) is 10.2 Å².